The van der Waals surface area contributed by atoms with E-state index in [1.165, 1.54) is 5.56 Å². The molecule has 0 aliphatic heterocycles. The van der Waals surface area contributed by atoms with Crippen molar-refractivity contribution in [2.45, 2.75) is 32.9 Å². The monoisotopic (exact) mass is 389 g/mol. The molecule has 0 saturated heterocycles. The number of amides is 1. The van der Waals surface area contributed by atoms with Crippen LogP contribution in [0, 0.1) is 0 Å². The molecule has 3 aromatic rings. The van der Waals surface area contributed by atoms with E-state index in [2.05, 4.69) is 17.4 Å². The second-order valence-corrected chi connectivity index (χ2v) is 7.11. The average molecular weight is 389 g/mol. The lowest BCUT2D eigenvalue weighted by molar-refractivity contribution is 0.0950. The average Bonchev–Trinajstić information content (AvgIpc) is 2.74. The van der Waals surface area contributed by atoms with Crippen LogP contribution in [-0.4, -0.2) is 18.6 Å². The summed E-state index contributed by atoms with van der Waals surface area (Å²) in [7, 11) is 0. The van der Waals surface area contributed by atoms with E-state index >= 15 is 0 Å². The highest BCUT2D eigenvalue weighted by Crippen LogP contribution is 2.16. The molecular weight excluding hydrogens is 362 g/mol. The lowest BCUT2D eigenvalue weighted by atomic mass is 10.1. The van der Waals surface area contributed by atoms with Crippen molar-refractivity contribution in [1.82, 2.24) is 5.32 Å². The molecule has 4 heteroatoms. The van der Waals surface area contributed by atoms with Crippen LogP contribution in [0.25, 0.3) is 0 Å². The summed E-state index contributed by atoms with van der Waals surface area (Å²) in [5.41, 5.74) is 2.83. The molecule has 29 heavy (non-hydrogen) atoms. The molecular formula is C25H27NO3. The fourth-order valence-electron chi connectivity index (χ4n) is 2.90. The van der Waals surface area contributed by atoms with Gasteiger partial charge in [-0.15, -0.1) is 0 Å². The van der Waals surface area contributed by atoms with Gasteiger partial charge in [0.05, 0.1) is 12.7 Å². The van der Waals surface area contributed by atoms with Crippen LogP contribution in [0.2, 0.25) is 0 Å². The number of hydrogen-bond acceptors (Lipinski definition) is 3. The molecule has 0 atom stereocenters. The number of benzene rings is 3. The van der Waals surface area contributed by atoms with Crippen LogP contribution in [0.15, 0.2) is 78.9 Å². The smallest absolute Gasteiger partial charge is 0.251 e. The number of carbonyl (C=O) groups excluding carboxylic acids is 1. The minimum atomic E-state index is -0.124. The van der Waals surface area contributed by atoms with Crippen LogP contribution >= 0.6 is 0 Å². The highest BCUT2D eigenvalue weighted by molar-refractivity contribution is 5.94. The second kappa shape index (κ2) is 10.3. The molecule has 1 N–H and O–H groups in total. The summed E-state index contributed by atoms with van der Waals surface area (Å²) in [5, 5.41) is 2.95. The zero-order chi connectivity index (χ0) is 20.5. The molecule has 0 spiro atoms. The Hall–Kier alpha value is -3.27. The molecule has 0 unspecified atom stereocenters. The van der Waals surface area contributed by atoms with E-state index in [4.69, 9.17) is 9.47 Å². The lowest BCUT2D eigenvalue weighted by Crippen LogP contribution is -2.22. The van der Waals surface area contributed by atoms with Crippen LogP contribution in [0.5, 0.6) is 11.5 Å². The molecule has 3 rings (SSSR count). The van der Waals surface area contributed by atoms with Crippen LogP contribution < -0.4 is 14.8 Å². The Labute approximate surface area is 172 Å². The molecule has 0 aliphatic rings. The fourth-order valence-corrected chi connectivity index (χ4v) is 2.90. The molecule has 4 nitrogen and oxygen atoms in total. The van der Waals surface area contributed by atoms with Crippen molar-refractivity contribution < 1.29 is 14.3 Å². The zero-order valence-corrected chi connectivity index (χ0v) is 16.9. The van der Waals surface area contributed by atoms with Gasteiger partial charge in [-0.2, -0.15) is 0 Å². The van der Waals surface area contributed by atoms with Crippen LogP contribution in [0.4, 0.5) is 0 Å². The third-order valence-electron chi connectivity index (χ3n) is 4.35. The number of carbonyl (C=O) groups is 1. The number of hydrogen-bond donors (Lipinski definition) is 1. The maximum atomic E-state index is 12.5. The van der Waals surface area contributed by atoms with Gasteiger partial charge in [0.1, 0.15) is 11.5 Å². The highest BCUT2D eigenvalue weighted by atomic mass is 16.5. The van der Waals surface area contributed by atoms with Crippen LogP contribution in [0.3, 0.4) is 0 Å². The predicted molar refractivity (Wildman–Crippen MR) is 115 cm³/mol. The fraction of sp³-hybridized carbons (Fsp3) is 0.240. The minimum absolute atomic E-state index is 0.124. The predicted octanol–water partition coefficient (Wildman–Crippen LogP) is 5.03. The Morgan fingerprint density at radius 3 is 2.34 bits per heavy atom. The maximum absolute atomic E-state index is 12.5. The molecule has 0 aromatic heterocycles. The van der Waals surface area contributed by atoms with Gasteiger partial charge in [-0.05, 0) is 55.3 Å². The largest absolute Gasteiger partial charge is 0.493 e. The first-order chi connectivity index (χ1) is 14.1. The molecule has 0 heterocycles. The third-order valence-corrected chi connectivity index (χ3v) is 4.35. The molecule has 150 valence electrons. The van der Waals surface area contributed by atoms with Gasteiger partial charge < -0.3 is 14.8 Å². The summed E-state index contributed by atoms with van der Waals surface area (Å²) in [6, 6.07) is 25.2. The van der Waals surface area contributed by atoms with Crippen molar-refractivity contribution in [3.8, 4) is 11.5 Å². The summed E-state index contributed by atoms with van der Waals surface area (Å²) in [6.45, 7) is 5.01. The topological polar surface area (TPSA) is 47.6 Å². The van der Waals surface area contributed by atoms with Crippen LogP contribution in [0.1, 0.15) is 35.3 Å². The Morgan fingerprint density at radius 1 is 0.862 bits per heavy atom. The van der Waals surface area contributed by atoms with Crippen molar-refractivity contribution in [1.29, 1.82) is 0 Å². The molecule has 0 fully saturated rings. The summed E-state index contributed by atoms with van der Waals surface area (Å²) >= 11 is 0. The normalized spacial score (nSPS) is 10.6. The van der Waals surface area contributed by atoms with Crippen molar-refractivity contribution in [3.05, 3.63) is 95.6 Å². The molecule has 0 saturated carbocycles. The standard InChI is InChI=1S/C25H27NO3/c1-19(2)29-23-13-11-21(12-14-23)18-26-25(27)22-9-6-10-24(17-22)28-16-15-20-7-4-3-5-8-20/h3-14,17,19H,15-16,18H2,1-2H3,(H,26,27). The van der Waals surface area contributed by atoms with Gasteiger partial charge in [0.2, 0.25) is 0 Å². The van der Waals surface area contributed by atoms with E-state index < -0.39 is 0 Å². The Balaban J connectivity index is 1.49. The Bertz CT molecular complexity index is 905. The van der Waals surface area contributed by atoms with E-state index in [9.17, 15) is 4.79 Å². The minimum Gasteiger partial charge on any atom is -0.493 e. The molecule has 0 bridgehead atoms. The quantitative estimate of drug-likeness (QED) is 0.559. The number of ether oxygens (including phenoxy) is 2. The Morgan fingerprint density at radius 2 is 1.62 bits per heavy atom. The van der Waals surface area contributed by atoms with Gasteiger partial charge in [0.15, 0.2) is 0 Å². The summed E-state index contributed by atoms with van der Waals surface area (Å²) < 4.78 is 11.5. The van der Waals surface area contributed by atoms with Crippen molar-refractivity contribution in [2.75, 3.05) is 6.61 Å². The molecule has 3 aromatic carbocycles. The van der Waals surface area contributed by atoms with Gasteiger partial charge in [-0.1, -0.05) is 48.5 Å². The summed E-state index contributed by atoms with van der Waals surface area (Å²) in [5.74, 6) is 1.40. The maximum Gasteiger partial charge on any atom is 0.251 e. The third kappa shape index (κ3) is 6.68. The van der Waals surface area contributed by atoms with Gasteiger partial charge in [0, 0.05) is 18.5 Å². The first-order valence-corrected chi connectivity index (χ1v) is 9.91. The lowest BCUT2D eigenvalue weighted by Gasteiger charge is -2.11. The first kappa shape index (κ1) is 20.5. The van der Waals surface area contributed by atoms with Crippen LogP contribution in [-0.2, 0) is 13.0 Å². The highest BCUT2D eigenvalue weighted by Gasteiger charge is 2.07. The SMILES string of the molecule is CC(C)Oc1ccc(CNC(=O)c2cccc(OCCc3ccccc3)c2)cc1. The van der Waals surface area contributed by atoms with E-state index in [0.29, 0.717) is 24.5 Å². The van der Waals surface area contributed by atoms with Crippen molar-refractivity contribution in [2.24, 2.45) is 0 Å². The summed E-state index contributed by atoms with van der Waals surface area (Å²) in [4.78, 5) is 12.5. The zero-order valence-electron chi connectivity index (χ0n) is 16.9. The van der Waals surface area contributed by atoms with Gasteiger partial charge in [0.25, 0.3) is 5.91 Å². The van der Waals surface area contributed by atoms with Gasteiger partial charge in [-0.3, -0.25) is 4.79 Å². The molecule has 0 aliphatic carbocycles. The number of nitrogens with one attached hydrogen (secondary N) is 1. The number of rotatable bonds is 9. The second-order valence-electron chi connectivity index (χ2n) is 7.11. The van der Waals surface area contributed by atoms with Gasteiger partial charge in [-0.25, -0.2) is 0 Å². The van der Waals surface area contributed by atoms with Gasteiger partial charge >= 0.3 is 0 Å². The Kier molecular flexibility index (Phi) is 7.28. The van der Waals surface area contributed by atoms with Crippen molar-refractivity contribution >= 4 is 5.91 Å². The van der Waals surface area contributed by atoms with E-state index in [0.717, 1.165) is 17.7 Å². The molecule has 1 amide bonds. The van der Waals surface area contributed by atoms with E-state index in [1.807, 2.05) is 68.4 Å². The van der Waals surface area contributed by atoms with E-state index in [1.54, 1.807) is 12.1 Å². The summed E-state index contributed by atoms with van der Waals surface area (Å²) in [6.07, 6.45) is 0.969. The first-order valence-electron chi connectivity index (χ1n) is 9.91. The van der Waals surface area contributed by atoms with Crippen molar-refractivity contribution in [3.63, 3.8) is 0 Å². The van der Waals surface area contributed by atoms with E-state index in [-0.39, 0.29) is 12.0 Å². The molecule has 0 radical (unpaired) electrons.